The fraction of sp³-hybridized carbons (Fsp3) is 0.571. The maximum absolute atomic E-state index is 14.1. The Hall–Kier alpha value is -1.73. The number of aromatic nitrogens is 1. The Morgan fingerprint density at radius 2 is 2.10 bits per heavy atom. The summed E-state index contributed by atoms with van der Waals surface area (Å²) in [5.41, 5.74) is 2.17. The molecule has 6 nitrogen and oxygen atoms in total. The molecule has 0 spiro atoms. The molecule has 21 heavy (non-hydrogen) atoms. The number of carbonyl (C=O) groups excluding carboxylic acids is 1. The molecule has 0 atom stereocenters. The summed E-state index contributed by atoms with van der Waals surface area (Å²) in [5.74, 6) is 4.66. The zero-order valence-corrected chi connectivity index (χ0v) is 12.5. The van der Waals surface area contributed by atoms with Gasteiger partial charge in [0.25, 0.3) is 5.91 Å². The van der Waals surface area contributed by atoms with Crippen molar-refractivity contribution in [2.75, 3.05) is 38.1 Å². The number of amides is 1. The summed E-state index contributed by atoms with van der Waals surface area (Å²) in [6.45, 7) is 8.22. The van der Waals surface area contributed by atoms with Gasteiger partial charge < -0.3 is 10.3 Å². The van der Waals surface area contributed by atoms with Crippen LogP contribution in [-0.2, 0) is 0 Å². The number of nitrogens with zero attached hydrogens (tertiary/aromatic N) is 3. The molecule has 0 bridgehead atoms. The van der Waals surface area contributed by atoms with Crippen molar-refractivity contribution >= 4 is 11.7 Å². The smallest absolute Gasteiger partial charge is 0.257 e. The minimum atomic E-state index is -0.699. The normalized spacial score (nSPS) is 16.3. The molecule has 7 heteroatoms. The fourth-order valence-corrected chi connectivity index (χ4v) is 2.53. The minimum absolute atomic E-state index is 0.00950. The van der Waals surface area contributed by atoms with Crippen LogP contribution in [-0.4, -0.2) is 53.4 Å². The van der Waals surface area contributed by atoms with Gasteiger partial charge in [-0.15, -0.1) is 0 Å². The van der Waals surface area contributed by atoms with Gasteiger partial charge in [-0.1, -0.05) is 13.8 Å². The first-order valence-corrected chi connectivity index (χ1v) is 7.15. The first kappa shape index (κ1) is 15.7. The average Bonchev–Trinajstić information content (AvgIpc) is 2.47. The number of carbonyl (C=O) groups is 1. The highest BCUT2D eigenvalue weighted by Crippen LogP contribution is 2.17. The van der Waals surface area contributed by atoms with Gasteiger partial charge in [0.15, 0.2) is 11.6 Å². The third-order valence-corrected chi connectivity index (χ3v) is 3.54. The molecule has 0 unspecified atom stereocenters. The van der Waals surface area contributed by atoms with Crippen molar-refractivity contribution in [1.82, 2.24) is 14.8 Å². The van der Waals surface area contributed by atoms with Crippen LogP contribution in [0.25, 0.3) is 0 Å². The van der Waals surface area contributed by atoms with E-state index in [-0.39, 0.29) is 17.3 Å². The van der Waals surface area contributed by atoms with Crippen LogP contribution in [0.15, 0.2) is 12.3 Å². The van der Waals surface area contributed by atoms with Crippen LogP contribution < -0.4 is 11.3 Å². The molecule has 1 aliphatic rings. The van der Waals surface area contributed by atoms with Crippen LogP contribution in [0.1, 0.15) is 24.2 Å². The molecule has 116 valence electrons. The van der Waals surface area contributed by atoms with Gasteiger partial charge in [-0.25, -0.2) is 15.2 Å². The summed E-state index contributed by atoms with van der Waals surface area (Å²) in [6.07, 6.45) is 1.38. The molecule has 1 amide bonds. The molecule has 0 aliphatic carbocycles. The molecule has 0 radical (unpaired) electrons. The molecule has 3 N–H and O–H groups in total. The van der Waals surface area contributed by atoms with Crippen LogP contribution in [0, 0.1) is 11.7 Å². The van der Waals surface area contributed by atoms with Crippen molar-refractivity contribution in [3.05, 3.63) is 23.6 Å². The number of anilines is 1. The quantitative estimate of drug-likeness (QED) is 0.638. The first-order chi connectivity index (χ1) is 10.0. The predicted octanol–water partition coefficient (Wildman–Crippen LogP) is 0.920. The van der Waals surface area contributed by atoms with E-state index in [0.717, 1.165) is 19.6 Å². The summed E-state index contributed by atoms with van der Waals surface area (Å²) in [7, 11) is 0. The lowest BCUT2D eigenvalue weighted by atomic mass is 10.1. The van der Waals surface area contributed by atoms with Crippen molar-refractivity contribution in [2.45, 2.75) is 13.8 Å². The van der Waals surface area contributed by atoms with E-state index in [4.69, 9.17) is 5.84 Å². The second-order valence-electron chi connectivity index (χ2n) is 5.65. The van der Waals surface area contributed by atoms with Crippen molar-refractivity contribution in [3.8, 4) is 0 Å². The Kier molecular flexibility index (Phi) is 5.08. The number of nitrogens with one attached hydrogen (secondary N) is 1. The van der Waals surface area contributed by atoms with Gasteiger partial charge >= 0.3 is 0 Å². The van der Waals surface area contributed by atoms with Gasteiger partial charge in [-0.2, -0.15) is 0 Å². The van der Waals surface area contributed by atoms with E-state index in [1.807, 2.05) is 0 Å². The maximum Gasteiger partial charge on any atom is 0.257 e. The number of rotatable bonds is 4. The number of hydrogen-bond donors (Lipinski definition) is 2. The number of halogens is 1. The molecule has 0 saturated carbocycles. The maximum atomic E-state index is 14.1. The molecule has 1 aliphatic heterocycles. The van der Waals surface area contributed by atoms with E-state index in [9.17, 15) is 9.18 Å². The molecule has 1 aromatic heterocycles. The topological polar surface area (TPSA) is 74.5 Å². The molecule has 1 fully saturated rings. The van der Waals surface area contributed by atoms with Gasteiger partial charge in [-0.3, -0.25) is 9.69 Å². The van der Waals surface area contributed by atoms with Crippen molar-refractivity contribution < 1.29 is 9.18 Å². The molecular formula is C14H22FN5O. The second kappa shape index (κ2) is 6.82. The largest absolute Gasteiger partial charge is 0.336 e. The average molecular weight is 295 g/mol. The van der Waals surface area contributed by atoms with E-state index < -0.39 is 5.82 Å². The van der Waals surface area contributed by atoms with Crippen molar-refractivity contribution in [3.63, 3.8) is 0 Å². The Bertz CT molecular complexity index is 500. The summed E-state index contributed by atoms with van der Waals surface area (Å²) in [4.78, 5) is 20.1. The highest BCUT2D eigenvalue weighted by molar-refractivity contribution is 5.95. The Morgan fingerprint density at radius 1 is 1.43 bits per heavy atom. The number of piperazine rings is 1. The van der Waals surface area contributed by atoms with Crippen molar-refractivity contribution in [1.29, 1.82) is 0 Å². The molecule has 0 aromatic carbocycles. The predicted molar refractivity (Wildman–Crippen MR) is 79.2 cm³/mol. The molecule has 1 aromatic rings. The van der Waals surface area contributed by atoms with E-state index in [1.54, 1.807) is 4.90 Å². The van der Waals surface area contributed by atoms with Gasteiger partial charge in [0.2, 0.25) is 0 Å². The van der Waals surface area contributed by atoms with Crippen LogP contribution in [0.2, 0.25) is 0 Å². The second-order valence-corrected chi connectivity index (χ2v) is 5.65. The zero-order chi connectivity index (χ0) is 15.4. The minimum Gasteiger partial charge on any atom is -0.336 e. The van der Waals surface area contributed by atoms with E-state index in [0.29, 0.717) is 19.0 Å². The third kappa shape index (κ3) is 3.68. The number of nitrogen functional groups attached to an aromatic ring is 1. The van der Waals surface area contributed by atoms with Crippen LogP contribution in [0.5, 0.6) is 0 Å². The lowest BCUT2D eigenvalue weighted by Gasteiger charge is -2.35. The standard InChI is InChI=1S/C14H22FN5O/c1-10(2)9-19-5-7-20(8-6-19)14(21)11-3-4-17-13(18-16)12(11)15/h3-4,10H,5-9,16H2,1-2H3,(H,17,18). The highest BCUT2D eigenvalue weighted by atomic mass is 19.1. The molecule has 2 heterocycles. The van der Waals surface area contributed by atoms with Gasteiger partial charge in [-0.05, 0) is 12.0 Å². The summed E-state index contributed by atoms with van der Waals surface area (Å²) >= 11 is 0. The molecular weight excluding hydrogens is 273 g/mol. The number of nitrogens with two attached hydrogens (primary N) is 1. The highest BCUT2D eigenvalue weighted by Gasteiger charge is 2.25. The third-order valence-electron chi connectivity index (χ3n) is 3.54. The molecule has 2 rings (SSSR count). The zero-order valence-electron chi connectivity index (χ0n) is 12.5. The number of pyridine rings is 1. The first-order valence-electron chi connectivity index (χ1n) is 7.15. The van der Waals surface area contributed by atoms with Crippen molar-refractivity contribution in [2.24, 2.45) is 11.8 Å². The number of hydrogen-bond acceptors (Lipinski definition) is 5. The van der Waals surface area contributed by atoms with Gasteiger partial charge in [0, 0.05) is 38.9 Å². The summed E-state index contributed by atoms with van der Waals surface area (Å²) < 4.78 is 14.1. The van der Waals surface area contributed by atoms with E-state index in [2.05, 4.69) is 29.2 Å². The van der Waals surface area contributed by atoms with E-state index >= 15 is 0 Å². The Labute approximate surface area is 124 Å². The SMILES string of the molecule is CC(C)CN1CCN(C(=O)c2ccnc(NN)c2F)CC1. The van der Waals surface area contributed by atoms with Crippen LogP contribution >= 0.6 is 0 Å². The monoisotopic (exact) mass is 295 g/mol. The Balaban J connectivity index is 2.02. The van der Waals surface area contributed by atoms with Crippen LogP contribution in [0.4, 0.5) is 10.2 Å². The lowest BCUT2D eigenvalue weighted by molar-refractivity contribution is 0.0619. The van der Waals surface area contributed by atoms with Crippen LogP contribution in [0.3, 0.4) is 0 Å². The van der Waals surface area contributed by atoms with Gasteiger partial charge in [0.1, 0.15) is 0 Å². The summed E-state index contributed by atoms with van der Waals surface area (Å²) in [5, 5.41) is 0. The van der Waals surface area contributed by atoms with E-state index in [1.165, 1.54) is 12.3 Å². The fourth-order valence-electron chi connectivity index (χ4n) is 2.53. The van der Waals surface area contributed by atoms with Gasteiger partial charge in [0.05, 0.1) is 5.56 Å². The molecule has 1 saturated heterocycles. The Morgan fingerprint density at radius 3 is 2.67 bits per heavy atom. The lowest BCUT2D eigenvalue weighted by Crippen LogP contribution is -2.49. The number of hydrazine groups is 1. The summed E-state index contributed by atoms with van der Waals surface area (Å²) in [6, 6.07) is 1.39.